The minimum Gasteiger partial charge on any atom is -0.495 e. The largest absolute Gasteiger partial charge is 0.495 e. The fourth-order valence-electron chi connectivity index (χ4n) is 4.69. The van der Waals surface area contributed by atoms with Crippen LogP contribution in [-0.2, 0) is 4.74 Å². The average Bonchev–Trinajstić information content (AvgIpc) is 2.90. The number of rotatable bonds is 9. The highest BCUT2D eigenvalue weighted by atomic mass is 16.6. The maximum absolute atomic E-state index is 12.4. The Bertz CT molecular complexity index is 638. The summed E-state index contributed by atoms with van der Waals surface area (Å²) < 4.78 is 11.1. The van der Waals surface area contributed by atoms with Gasteiger partial charge >= 0.3 is 6.09 Å². The Kier molecular flexibility index (Phi) is 7.57. The molecule has 2 saturated heterocycles. The lowest BCUT2D eigenvalue weighted by molar-refractivity contribution is 0.0228. The summed E-state index contributed by atoms with van der Waals surface area (Å²) in [6.45, 7) is 3.95. The van der Waals surface area contributed by atoms with E-state index in [0.717, 1.165) is 31.4 Å². The number of amides is 1. The molecule has 0 radical (unpaired) electrons. The van der Waals surface area contributed by atoms with E-state index in [1.807, 2.05) is 25.1 Å². The molecule has 0 spiro atoms. The van der Waals surface area contributed by atoms with Crippen LogP contribution in [0.2, 0.25) is 0 Å². The van der Waals surface area contributed by atoms with Crippen molar-refractivity contribution < 1.29 is 14.3 Å². The number of fused-ring (bicyclic) bond motifs is 2. The van der Waals surface area contributed by atoms with E-state index in [1.54, 1.807) is 7.11 Å². The molecule has 3 rings (SSSR count). The maximum Gasteiger partial charge on any atom is 0.412 e. The standard InChI is InChI=1S/C22H35N3O3/c1-16-7-10-21(27-2)20(13-16)24-22(26)28-19-14-17-8-9-18(15-19)25(17)12-6-4-3-5-11-23/h7,10,13,17-19H,3-6,8-9,11-12,14-15,23H2,1-2H3,(H,24,26). The van der Waals surface area contributed by atoms with Gasteiger partial charge in [-0.25, -0.2) is 4.79 Å². The SMILES string of the molecule is COc1ccc(C)cc1NC(=O)OC1CC2CCC(C1)N2CCCCCCN. The van der Waals surface area contributed by atoms with Crippen molar-refractivity contribution in [2.75, 3.05) is 25.5 Å². The average molecular weight is 390 g/mol. The fraction of sp³-hybridized carbons (Fsp3) is 0.682. The van der Waals surface area contributed by atoms with Gasteiger partial charge in [-0.1, -0.05) is 18.9 Å². The van der Waals surface area contributed by atoms with E-state index in [2.05, 4.69) is 10.2 Å². The van der Waals surface area contributed by atoms with E-state index in [9.17, 15) is 4.79 Å². The molecule has 6 nitrogen and oxygen atoms in total. The molecular formula is C22H35N3O3. The molecule has 2 unspecified atom stereocenters. The summed E-state index contributed by atoms with van der Waals surface area (Å²) in [4.78, 5) is 15.1. The van der Waals surface area contributed by atoms with Crippen molar-refractivity contribution in [1.82, 2.24) is 4.90 Å². The zero-order valence-electron chi connectivity index (χ0n) is 17.3. The van der Waals surface area contributed by atoms with Crippen molar-refractivity contribution in [1.29, 1.82) is 0 Å². The third-order valence-electron chi connectivity index (χ3n) is 6.08. The molecule has 2 bridgehead atoms. The molecule has 28 heavy (non-hydrogen) atoms. The van der Waals surface area contributed by atoms with Crippen molar-refractivity contribution in [2.45, 2.75) is 76.5 Å². The molecule has 3 N–H and O–H groups in total. The quantitative estimate of drug-likeness (QED) is 0.623. The van der Waals surface area contributed by atoms with Gasteiger partial charge in [0, 0.05) is 24.9 Å². The summed E-state index contributed by atoms with van der Waals surface area (Å²) in [7, 11) is 1.60. The zero-order chi connectivity index (χ0) is 19.9. The summed E-state index contributed by atoms with van der Waals surface area (Å²) in [5, 5.41) is 2.85. The third kappa shape index (κ3) is 5.39. The van der Waals surface area contributed by atoms with Crippen LogP contribution in [0.15, 0.2) is 18.2 Å². The Morgan fingerprint density at radius 1 is 1.18 bits per heavy atom. The van der Waals surface area contributed by atoms with Gasteiger partial charge in [-0.3, -0.25) is 10.2 Å². The van der Waals surface area contributed by atoms with Gasteiger partial charge in [-0.15, -0.1) is 0 Å². The van der Waals surface area contributed by atoms with Gasteiger partial charge in [0.05, 0.1) is 12.8 Å². The number of carbonyl (C=O) groups is 1. The number of hydrogen-bond acceptors (Lipinski definition) is 5. The molecule has 1 amide bonds. The Labute approximate surface area is 168 Å². The number of ether oxygens (including phenoxy) is 2. The molecule has 0 saturated carbocycles. The van der Waals surface area contributed by atoms with Crippen LogP contribution in [0.3, 0.4) is 0 Å². The Morgan fingerprint density at radius 3 is 2.57 bits per heavy atom. The number of aryl methyl sites for hydroxylation is 1. The summed E-state index contributed by atoms with van der Waals surface area (Å²) >= 11 is 0. The first kappa shape index (κ1) is 20.9. The molecule has 1 aromatic rings. The smallest absolute Gasteiger partial charge is 0.412 e. The number of anilines is 1. The normalized spacial score (nSPS) is 24.2. The van der Waals surface area contributed by atoms with Crippen molar-refractivity contribution in [3.05, 3.63) is 23.8 Å². The molecule has 2 fully saturated rings. The van der Waals surface area contributed by atoms with Crippen LogP contribution in [0.1, 0.15) is 56.9 Å². The number of unbranched alkanes of at least 4 members (excludes halogenated alkanes) is 3. The molecular weight excluding hydrogens is 354 g/mol. The molecule has 6 heteroatoms. The highest BCUT2D eigenvalue weighted by Gasteiger charge is 2.41. The Balaban J connectivity index is 1.47. The predicted molar refractivity (Wildman–Crippen MR) is 112 cm³/mol. The van der Waals surface area contributed by atoms with Gasteiger partial charge in [-0.2, -0.15) is 0 Å². The highest BCUT2D eigenvalue weighted by molar-refractivity contribution is 5.87. The van der Waals surface area contributed by atoms with E-state index < -0.39 is 0 Å². The van der Waals surface area contributed by atoms with Gasteiger partial charge in [0.15, 0.2) is 0 Å². The fourth-order valence-corrected chi connectivity index (χ4v) is 4.69. The Morgan fingerprint density at radius 2 is 1.89 bits per heavy atom. The first-order valence-electron chi connectivity index (χ1n) is 10.7. The Hall–Kier alpha value is -1.79. The van der Waals surface area contributed by atoms with Gasteiger partial charge < -0.3 is 15.2 Å². The van der Waals surface area contributed by atoms with Crippen LogP contribution in [-0.4, -0.2) is 49.4 Å². The van der Waals surface area contributed by atoms with Crippen molar-refractivity contribution in [3.63, 3.8) is 0 Å². The molecule has 2 aliphatic heterocycles. The second kappa shape index (κ2) is 10.1. The zero-order valence-corrected chi connectivity index (χ0v) is 17.3. The van der Waals surface area contributed by atoms with E-state index >= 15 is 0 Å². The number of methoxy groups -OCH3 is 1. The van der Waals surface area contributed by atoms with Crippen molar-refractivity contribution in [3.8, 4) is 5.75 Å². The summed E-state index contributed by atoms with van der Waals surface area (Å²) in [6.07, 6.45) is 8.80. The van der Waals surface area contributed by atoms with Gasteiger partial charge in [-0.05, 0) is 63.4 Å². The van der Waals surface area contributed by atoms with Crippen LogP contribution in [0.25, 0.3) is 0 Å². The van der Waals surface area contributed by atoms with Gasteiger partial charge in [0.1, 0.15) is 11.9 Å². The molecule has 2 heterocycles. The topological polar surface area (TPSA) is 76.8 Å². The van der Waals surface area contributed by atoms with E-state index in [1.165, 1.54) is 38.6 Å². The molecule has 0 aromatic heterocycles. The van der Waals surface area contributed by atoms with E-state index in [0.29, 0.717) is 23.5 Å². The van der Waals surface area contributed by atoms with Crippen LogP contribution < -0.4 is 15.8 Å². The third-order valence-corrected chi connectivity index (χ3v) is 6.08. The van der Waals surface area contributed by atoms with E-state index in [-0.39, 0.29) is 12.2 Å². The lowest BCUT2D eigenvalue weighted by atomic mass is 9.99. The van der Waals surface area contributed by atoms with Crippen LogP contribution in [0, 0.1) is 6.92 Å². The van der Waals surface area contributed by atoms with Crippen LogP contribution >= 0.6 is 0 Å². The monoisotopic (exact) mass is 389 g/mol. The number of benzene rings is 1. The van der Waals surface area contributed by atoms with Gasteiger partial charge in [0.25, 0.3) is 0 Å². The molecule has 156 valence electrons. The lowest BCUT2D eigenvalue weighted by Crippen LogP contribution is -2.46. The molecule has 1 aromatic carbocycles. The summed E-state index contributed by atoms with van der Waals surface area (Å²) in [6, 6.07) is 6.83. The summed E-state index contributed by atoms with van der Waals surface area (Å²) in [5.74, 6) is 0.645. The number of nitrogens with two attached hydrogens (primary N) is 1. The second-order valence-electron chi connectivity index (χ2n) is 8.15. The van der Waals surface area contributed by atoms with Crippen molar-refractivity contribution in [2.24, 2.45) is 5.73 Å². The van der Waals surface area contributed by atoms with E-state index in [4.69, 9.17) is 15.2 Å². The number of nitrogens with zero attached hydrogens (tertiary/aromatic N) is 1. The predicted octanol–water partition coefficient (Wildman–Crippen LogP) is 4.07. The molecule has 2 aliphatic rings. The number of nitrogens with one attached hydrogen (secondary N) is 1. The number of piperidine rings is 1. The highest BCUT2D eigenvalue weighted by Crippen LogP contribution is 2.37. The minimum atomic E-state index is -0.386. The second-order valence-corrected chi connectivity index (χ2v) is 8.15. The van der Waals surface area contributed by atoms with Crippen LogP contribution in [0.4, 0.5) is 10.5 Å². The summed E-state index contributed by atoms with van der Waals surface area (Å²) in [5.41, 5.74) is 7.29. The molecule has 0 aliphatic carbocycles. The van der Waals surface area contributed by atoms with Crippen molar-refractivity contribution >= 4 is 11.8 Å². The first-order valence-corrected chi connectivity index (χ1v) is 10.7. The van der Waals surface area contributed by atoms with Gasteiger partial charge in [0.2, 0.25) is 0 Å². The number of carbonyl (C=O) groups excluding carboxylic acids is 1. The minimum absolute atomic E-state index is 0.00166. The maximum atomic E-state index is 12.4. The lowest BCUT2D eigenvalue weighted by Gasteiger charge is -2.38. The number of hydrogen-bond donors (Lipinski definition) is 2. The van der Waals surface area contributed by atoms with Crippen LogP contribution in [0.5, 0.6) is 5.75 Å². The first-order chi connectivity index (χ1) is 13.6. The molecule has 2 atom stereocenters.